The van der Waals surface area contributed by atoms with Gasteiger partial charge < -0.3 is 34.7 Å². The minimum Gasteiger partial charge on any atom is -0.493 e. The highest BCUT2D eigenvalue weighted by Gasteiger charge is 2.36. The van der Waals surface area contributed by atoms with Crippen LogP contribution in [0.1, 0.15) is 50.7 Å². The van der Waals surface area contributed by atoms with Gasteiger partial charge in [0, 0.05) is 36.5 Å². The van der Waals surface area contributed by atoms with Crippen LogP contribution in [0.3, 0.4) is 0 Å². The number of rotatable bonds is 8. The Balaban J connectivity index is 1.69. The minimum atomic E-state index is -0.592. The monoisotopic (exact) mass is 569 g/mol. The lowest BCUT2D eigenvalue weighted by Crippen LogP contribution is -2.49. The van der Waals surface area contributed by atoms with Crippen molar-refractivity contribution in [3.63, 3.8) is 0 Å². The van der Waals surface area contributed by atoms with Crippen molar-refractivity contribution in [1.82, 2.24) is 20.2 Å². The molecule has 2 amide bonds. The summed E-state index contributed by atoms with van der Waals surface area (Å²) < 4.78 is 17.1. The zero-order valence-corrected chi connectivity index (χ0v) is 24.7. The quantitative estimate of drug-likeness (QED) is 0.314. The molecule has 0 bridgehead atoms. The molecule has 1 aliphatic rings. The Hall–Kier alpha value is -3.92. The number of nitrogens with one attached hydrogen (secondary N) is 3. The van der Waals surface area contributed by atoms with Crippen molar-refractivity contribution in [3.8, 4) is 22.8 Å². The van der Waals surface area contributed by atoms with Gasteiger partial charge in [-0.05, 0) is 52.8 Å². The van der Waals surface area contributed by atoms with Gasteiger partial charge in [0.15, 0.2) is 5.75 Å². The van der Waals surface area contributed by atoms with E-state index in [1.54, 1.807) is 31.6 Å². The largest absolute Gasteiger partial charge is 0.493 e. The van der Waals surface area contributed by atoms with Crippen LogP contribution in [0.15, 0.2) is 36.7 Å². The predicted molar refractivity (Wildman–Crippen MR) is 155 cm³/mol. The Labute approximate surface area is 239 Å². The molecule has 0 saturated carbocycles. The fourth-order valence-electron chi connectivity index (χ4n) is 4.49. The second-order valence-corrected chi connectivity index (χ2v) is 11.7. The van der Waals surface area contributed by atoms with Gasteiger partial charge in [0.05, 0.1) is 47.5 Å². The van der Waals surface area contributed by atoms with Crippen molar-refractivity contribution < 1.29 is 23.8 Å². The summed E-state index contributed by atoms with van der Waals surface area (Å²) in [5, 5.41) is 6.91. The Morgan fingerprint density at radius 2 is 2.00 bits per heavy atom. The zero-order valence-electron chi connectivity index (χ0n) is 23.9. The second kappa shape index (κ2) is 11.3. The molecule has 0 spiro atoms. The molecule has 10 nitrogen and oxygen atoms in total. The number of halogens is 1. The number of aromatic nitrogens is 2. The van der Waals surface area contributed by atoms with Crippen LogP contribution in [0.4, 0.5) is 16.2 Å². The highest BCUT2D eigenvalue weighted by Crippen LogP contribution is 2.43. The molecule has 0 radical (unpaired) electrons. The highest BCUT2D eigenvalue weighted by atomic mass is 35.5. The maximum absolute atomic E-state index is 13.4. The number of carbonyl (C=O) groups excluding carboxylic acids is 2. The predicted octanol–water partition coefficient (Wildman–Crippen LogP) is 5.79. The molecule has 3 aromatic rings. The number of pyridine rings is 1. The van der Waals surface area contributed by atoms with Crippen molar-refractivity contribution in [3.05, 3.63) is 52.9 Å². The molecule has 214 valence electrons. The number of amides is 2. The SMILES string of the molecule is COc1c(Cl)cccc1Nc1c(-c2ccncc2OCCN(C)C(=O)OC(C)(C)C)[nH]c2c1C(=O)NC(C)(C)C2. The van der Waals surface area contributed by atoms with Gasteiger partial charge in [-0.1, -0.05) is 17.7 Å². The molecule has 0 saturated heterocycles. The van der Waals surface area contributed by atoms with Crippen LogP contribution < -0.4 is 20.1 Å². The summed E-state index contributed by atoms with van der Waals surface area (Å²) in [6.07, 6.45) is 3.42. The number of hydrogen-bond donors (Lipinski definition) is 3. The lowest BCUT2D eigenvalue weighted by Gasteiger charge is -2.30. The zero-order chi connectivity index (χ0) is 29.2. The minimum absolute atomic E-state index is 0.201. The number of methoxy groups -OCH3 is 1. The fourth-order valence-corrected chi connectivity index (χ4v) is 4.74. The van der Waals surface area contributed by atoms with E-state index in [0.29, 0.717) is 57.7 Å². The molecule has 1 aliphatic heterocycles. The van der Waals surface area contributed by atoms with E-state index in [4.69, 9.17) is 25.8 Å². The van der Waals surface area contributed by atoms with E-state index in [2.05, 4.69) is 20.6 Å². The maximum atomic E-state index is 13.4. The van der Waals surface area contributed by atoms with Gasteiger partial charge in [0.1, 0.15) is 18.0 Å². The van der Waals surface area contributed by atoms with Crippen molar-refractivity contribution >= 4 is 35.0 Å². The first kappa shape index (κ1) is 29.1. The summed E-state index contributed by atoms with van der Waals surface area (Å²) in [5.41, 5.74) is 2.78. The van der Waals surface area contributed by atoms with Crippen LogP contribution >= 0.6 is 11.6 Å². The number of anilines is 2. The third-order valence-corrected chi connectivity index (χ3v) is 6.55. The van der Waals surface area contributed by atoms with E-state index in [1.165, 1.54) is 12.0 Å². The third kappa shape index (κ3) is 6.44. The number of para-hydroxylation sites is 1. The number of aromatic amines is 1. The number of benzene rings is 1. The summed E-state index contributed by atoms with van der Waals surface area (Å²) >= 11 is 6.38. The standard InChI is InChI=1S/C29H36ClN5O5/c1-28(2,3)40-27(37)35(6)13-14-39-21-16-31-12-11-17(21)23-24(32-19-10-8-9-18(30)25(19)38-7)22-20(33-23)15-29(4,5)34-26(22)36/h8-12,16,32-33H,13-15H2,1-7H3,(H,34,36). The number of nitrogens with zero attached hydrogens (tertiary/aromatic N) is 2. The van der Waals surface area contributed by atoms with Crippen molar-refractivity contribution in [2.75, 3.05) is 32.6 Å². The molecule has 1 aromatic carbocycles. The van der Waals surface area contributed by atoms with Gasteiger partial charge in [-0.3, -0.25) is 9.78 Å². The van der Waals surface area contributed by atoms with E-state index >= 15 is 0 Å². The van der Waals surface area contributed by atoms with Crippen LogP contribution in [-0.2, 0) is 11.2 Å². The highest BCUT2D eigenvalue weighted by molar-refractivity contribution is 6.32. The molecular formula is C29H36ClN5O5. The number of carbonyl (C=O) groups is 2. The van der Waals surface area contributed by atoms with Gasteiger partial charge in [-0.25, -0.2) is 4.79 Å². The Kier molecular flexibility index (Phi) is 8.20. The third-order valence-electron chi connectivity index (χ3n) is 6.25. The average molecular weight is 570 g/mol. The van der Waals surface area contributed by atoms with Crippen LogP contribution in [-0.4, -0.2) is 65.3 Å². The molecule has 0 unspecified atom stereocenters. The van der Waals surface area contributed by atoms with Crippen molar-refractivity contribution in [2.24, 2.45) is 0 Å². The molecule has 2 aromatic heterocycles. The number of ether oxygens (including phenoxy) is 3. The second-order valence-electron chi connectivity index (χ2n) is 11.3. The number of hydrogen-bond acceptors (Lipinski definition) is 7. The smallest absolute Gasteiger partial charge is 0.410 e. The molecule has 0 fully saturated rings. The number of likely N-dealkylation sites (N-methyl/N-ethyl adjacent to an activating group) is 1. The first-order valence-corrected chi connectivity index (χ1v) is 13.4. The first-order chi connectivity index (χ1) is 18.8. The summed E-state index contributed by atoms with van der Waals surface area (Å²) in [5.74, 6) is 0.741. The van der Waals surface area contributed by atoms with E-state index in [-0.39, 0.29) is 12.5 Å². The maximum Gasteiger partial charge on any atom is 0.410 e. The van der Waals surface area contributed by atoms with Crippen LogP contribution in [0.25, 0.3) is 11.3 Å². The average Bonchev–Trinajstić information content (AvgIpc) is 3.20. The molecule has 40 heavy (non-hydrogen) atoms. The lowest BCUT2D eigenvalue weighted by atomic mass is 9.91. The molecule has 3 heterocycles. The molecular weight excluding hydrogens is 534 g/mol. The van der Waals surface area contributed by atoms with Gasteiger partial charge >= 0.3 is 6.09 Å². The summed E-state index contributed by atoms with van der Waals surface area (Å²) in [6.45, 7) is 9.91. The van der Waals surface area contributed by atoms with E-state index in [1.807, 2.05) is 46.8 Å². The van der Waals surface area contributed by atoms with E-state index in [9.17, 15) is 9.59 Å². The van der Waals surface area contributed by atoms with Crippen molar-refractivity contribution in [1.29, 1.82) is 0 Å². The Morgan fingerprint density at radius 1 is 1.25 bits per heavy atom. The van der Waals surface area contributed by atoms with Crippen LogP contribution in [0.5, 0.6) is 11.5 Å². The summed E-state index contributed by atoms with van der Waals surface area (Å²) in [4.78, 5) is 34.9. The van der Waals surface area contributed by atoms with Crippen molar-refractivity contribution in [2.45, 2.75) is 52.2 Å². The summed E-state index contributed by atoms with van der Waals surface area (Å²) in [7, 11) is 3.19. The molecule has 3 N–H and O–H groups in total. The van der Waals surface area contributed by atoms with Gasteiger partial charge in [-0.15, -0.1) is 0 Å². The molecule has 0 atom stereocenters. The fraction of sp³-hybridized carbons (Fsp3) is 0.414. The number of fused-ring (bicyclic) bond motifs is 1. The van der Waals surface area contributed by atoms with E-state index < -0.39 is 17.2 Å². The normalized spacial score (nSPS) is 14.2. The molecule has 11 heteroatoms. The number of H-pyrrole nitrogens is 1. The molecule has 0 aliphatic carbocycles. The molecule has 4 rings (SSSR count). The van der Waals surface area contributed by atoms with Crippen LogP contribution in [0.2, 0.25) is 5.02 Å². The van der Waals surface area contributed by atoms with Gasteiger partial charge in [-0.2, -0.15) is 0 Å². The van der Waals surface area contributed by atoms with Gasteiger partial charge in [0.2, 0.25) is 0 Å². The van der Waals surface area contributed by atoms with Gasteiger partial charge in [0.25, 0.3) is 5.91 Å². The van der Waals surface area contributed by atoms with Crippen LogP contribution in [0, 0.1) is 0 Å². The summed E-state index contributed by atoms with van der Waals surface area (Å²) in [6, 6.07) is 7.18. The van der Waals surface area contributed by atoms with E-state index in [0.717, 1.165) is 5.69 Å². The Morgan fingerprint density at radius 3 is 2.70 bits per heavy atom. The first-order valence-electron chi connectivity index (χ1n) is 13.0. The topological polar surface area (TPSA) is 118 Å². The lowest BCUT2D eigenvalue weighted by molar-refractivity contribution is 0.0278. The Bertz CT molecular complexity index is 1410.